The predicted molar refractivity (Wildman–Crippen MR) is 303 cm³/mol. The number of rotatable bonds is 8. The molecule has 0 atom stereocenters. The molecule has 0 spiro atoms. The molecule has 11 aromatic rings. The first-order chi connectivity index (χ1) is 36.4. The number of fused-ring (bicyclic) bond motifs is 14. The SMILES string of the molecule is CCOC(=O)c1ccc(-c2c3nc(c(-c4cc5ccccc5c5ccccc45)c4ccc([nH]4)c(-c4ccc(C(=O)OCC)cc4)c4nc(c(-c5cc6ccccc6c6ccccc56)c5ccc2[nH]5)C=C4)C=C3)cc1. The molecule has 0 amide bonds. The Morgan fingerprint density at radius 1 is 0.378 bits per heavy atom. The van der Waals surface area contributed by atoms with E-state index in [-0.39, 0.29) is 25.2 Å². The van der Waals surface area contributed by atoms with Gasteiger partial charge in [0.15, 0.2) is 0 Å². The number of H-pyrrole nitrogens is 2. The van der Waals surface area contributed by atoms with Crippen molar-refractivity contribution in [1.82, 2.24) is 19.9 Å². The van der Waals surface area contributed by atoms with Crippen molar-refractivity contribution in [1.29, 1.82) is 0 Å². The Labute approximate surface area is 425 Å². The number of nitrogens with one attached hydrogen (secondary N) is 2. The first kappa shape index (κ1) is 44.3. The number of ether oxygens (including phenoxy) is 2. The van der Waals surface area contributed by atoms with Gasteiger partial charge in [-0.25, -0.2) is 19.6 Å². The lowest BCUT2D eigenvalue weighted by Gasteiger charge is -2.12. The van der Waals surface area contributed by atoms with Gasteiger partial charge in [-0.3, -0.25) is 0 Å². The summed E-state index contributed by atoms with van der Waals surface area (Å²) in [5.74, 6) is -0.745. The van der Waals surface area contributed by atoms with Gasteiger partial charge in [-0.05, 0) is 164 Å². The van der Waals surface area contributed by atoms with Crippen LogP contribution in [0.1, 0.15) is 57.3 Å². The van der Waals surface area contributed by atoms with Crippen LogP contribution in [0, 0.1) is 0 Å². The average Bonchev–Trinajstić information content (AvgIpc) is 4.30. The van der Waals surface area contributed by atoms with E-state index in [4.69, 9.17) is 19.4 Å². The number of hydrogen-bond donors (Lipinski definition) is 2. The monoisotopic (exact) mass is 958 g/mol. The van der Waals surface area contributed by atoms with Crippen LogP contribution >= 0.6 is 0 Å². The number of hydrogen-bond acceptors (Lipinski definition) is 6. The van der Waals surface area contributed by atoms with Crippen LogP contribution in [0.2, 0.25) is 0 Å². The highest BCUT2D eigenvalue weighted by Gasteiger charge is 2.22. The zero-order valence-corrected chi connectivity index (χ0v) is 40.6. The summed E-state index contributed by atoms with van der Waals surface area (Å²) in [5.41, 5.74) is 14.8. The molecule has 8 heteroatoms. The molecule has 0 unspecified atom stereocenters. The summed E-state index contributed by atoms with van der Waals surface area (Å²) in [7, 11) is 0. The number of esters is 2. The number of aromatic amines is 2. The topological polar surface area (TPSA) is 110 Å². The maximum absolute atomic E-state index is 13.0. The summed E-state index contributed by atoms with van der Waals surface area (Å²) in [6.45, 7) is 4.19. The van der Waals surface area contributed by atoms with E-state index in [1.165, 1.54) is 10.8 Å². The molecule has 3 aromatic heterocycles. The highest BCUT2D eigenvalue weighted by atomic mass is 16.5. The van der Waals surface area contributed by atoms with Gasteiger partial charge >= 0.3 is 11.9 Å². The zero-order valence-electron chi connectivity index (χ0n) is 40.6. The fraction of sp³-hybridized carbons (Fsp3) is 0.0606. The summed E-state index contributed by atoms with van der Waals surface area (Å²) < 4.78 is 10.8. The molecule has 2 aliphatic heterocycles. The van der Waals surface area contributed by atoms with Crippen molar-refractivity contribution in [3.63, 3.8) is 0 Å². The van der Waals surface area contributed by atoms with E-state index < -0.39 is 0 Å². The Morgan fingerprint density at radius 3 is 1.08 bits per heavy atom. The number of nitrogens with zero attached hydrogens (tertiary/aromatic N) is 2. The van der Waals surface area contributed by atoms with Gasteiger partial charge in [0.2, 0.25) is 0 Å². The molecule has 8 nitrogen and oxygen atoms in total. The smallest absolute Gasteiger partial charge is 0.338 e. The average molecular weight is 959 g/mol. The maximum Gasteiger partial charge on any atom is 0.338 e. The van der Waals surface area contributed by atoms with Crippen LogP contribution in [0.5, 0.6) is 0 Å². The predicted octanol–water partition coefficient (Wildman–Crippen LogP) is 16.3. The Bertz CT molecular complexity index is 4090. The van der Waals surface area contributed by atoms with Gasteiger partial charge in [-0.1, -0.05) is 121 Å². The molecule has 0 fully saturated rings. The summed E-state index contributed by atoms with van der Waals surface area (Å²) in [6.07, 6.45) is 8.38. The molecule has 0 aliphatic carbocycles. The van der Waals surface area contributed by atoms with Crippen LogP contribution in [0.25, 0.3) is 134 Å². The van der Waals surface area contributed by atoms with Gasteiger partial charge in [-0.2, -0.15) is 0 Å². The first-order valence-corrected chi connectivity index (χ1v) is 25.0. The number of carbonyl (C=O) groups is 2. The van der Waals surface area contributed by atoms with Crippen molar-refractivity contribution in [2.75, 3.05) is 13.2 Å². The highest BCUT2D eigenvalue weighted by molar-refractivity contribution is 6.18. The Balaban J connectivity index is 1.19. The third-order valence-electron chi connectivity index (χ3n) is 14.2. The molecule has 74 heavy (non-hydrogen) atoms. The molecule has 0 saturated carbocycles. The minimum atomic E-state index is -0.373. The van der Waals surface area contributed by atoms with Gasteiger partial charge < -0.3 is 19.4 Å². The molecule has 0 saturated heterocycles. The second kappa shape index (κ2) is 18.2. The molecule has 0 radical (unpaired) electrons. The van der Waals surface area contributed by atoms with Gasteiger partial charge in [0.1, 0.15) is 0 Å². The van der Waals surface area contributed by atoms with E-state index in [1.54, 1.807) is 0 Å². The van der Waals surface area contributed by atoms with E-state index >= 15 is 0 Å². The van der Waals surface area contributed by atoms with Crippen LogP contribution in [-0.4, -0.2) is 45.1 Å². The molecular weight excluding hydrogens is 913 g/mol. The second-order valence-electron chi connectivity index (χ2n) is 18.5. The van der Waals surface area contributed by atoms with E-state index in [9.17, 15) is 9.59 Å². The maximum atomic E-state index is 13.0. The largest absolute Gasteiger partial charge is 0.462 e. The molecule has 8 aromatic carbocycles. The molecule has 5 heterocycles. The van der Waals surface area contributed by atoms with Crippen molar-refractivity contribution < 1.29 is 19.1 Å². The summed E-state index contributed by atoms with van der Waals surface area (Å²) in [5, 5.41) is 9.02. The number of carbonyl (C=O) groups excluding carboxylic acids is 2. The third-order valence-corrected chi connectivity index (χ3v) is 14.2. The summed E-state index contributed by atoms with van der Waals surface area (Å²) >= 11 is 0. The molecule has 354 valence electrons. The van der Waals surface area contributed by atoms with Crippen LogP contribution in [-0.2, 0) is 9.47 Å². The Morgan fingerprint density at radius 2 is 0.703 bits per heavy atom. The van der Waals surface area contributed by atoms with Gasteiger partial charge in [0.05, 0.1) is 47.1 Å². The Hall–Kier alpha value is -9.66. The molecule has 13 rings (SSSR count). The van der Waals surface area contributed by atoms with E-state index in [0.29, 0.717) is 11.1 Å². The lowest BCUT2D eigenvalue weighted by molar-refractivity contribution is 0.0517. The molecule has 2 N–H and O–H groups in total. The fourth-order valence-electron chi connectivity index (χ4n) is 10.9. The lowest BCUT2D eigenvalue weighted by atomic mass is 9.92. The van der Waals surface area contributed by atoms with Crippen LogP contribution < -0.4 is 0 Å². The minimum Gasteiger partial charge on any atom is -0.462 e. The van der Waals surface area contributed by atoms with Crippen LogP contribution in [0.15, 0.2) is 182 Å². The minimum absolute atomic E-state index is 0.283. The van der Waals surface area contributed by atoms with Crippen molar-refractivity contribution >= 4 is 101 Å². The Kier molecular flexibility index (Phi) is 10.9. The normalized spacial score (nSPS) is 12.0. The van der Waals surface area contributed by atoms with Gasteiger partial charge in [0.25, 0.3) is 0 Å². The summed E-state index contributed by atoms with van der Waals surface area (Å²) in [6, 6.07) is 62.3. The summed E-state index contributed by atoms with van der Waals surface area (Å²) in [4.78, 5) is 45.0. The van der Waals surface area contributed by atoms with E-state index in [0.717, 1.165) is 122 Å². The third kappa shape index (κ3) is 7.54. The van der Waals surface area contributed by atoms with E-state index in [1.807, 2.05) is 62.4 Å². The van der Waals surface area contributed by atoms with Gasteiger partial charge in [0, 0.05) is 44.3 Å². The number of aromatic nitrogens is 4. The van der Waals surface area contributed by atoms with Crippen LogP contribution in [0.3, 0.4) is 0 Å². The molecular formula is C66H46N4O4. The van der Waals surface area contributed by atoms with Gasteiger partial charge in [-0.15, -0.1) is 0 Å². The zero-order chi connectivity index (χ0) is 49.9. The number of benzene rings is 8. The molecule has 2 aliphatic rings. The lowest BCUT2D eigenvalue weighted by Crippen LogP contribution is -2.04. The fourth-order valence-corrected chi connectivity index (χ4v) is 10.9. The second-order valence-corrected chi connectivity index (χ2v) is 18.5. The van der Waals surface area contributed by atoms with E-state index in [2.05, 4.69) is 168 Å². The first-order valence-electron chi connectivity index (χ1n) is 25.0. The highest BCUT2D eigenvalue weighted by Crippen LogP contribution is 2.43. The van der Waals surface area contributed by atoms with Crippen molar-refractivity contribution in [2.24, 2.45) is 0 Å². The van der Waals surface area contributed by atoms with Crippen molar-refractivity contribution in [2.45, 2.75) is 13.8 Å². The van der Waals surface area contributed by atoms with Crippen molar-refractivity contribution in [3.8, 4) is 44.5 Å². The quantitative estimate of drug-likeness (QED) is 0.116. The van der Waals surface area contributed by atoms with Crippen molar-refractivity contribution in [3.05, 3.63) is 216 Å². The standard InChI is InChI=1S/C66H46N4O4/c1-3-73-65(71)41-25-21-39(22-26-41)61-53-29-33-57(67-53)63(51-37-43-13-5-7-15-45(43)47-17-9-11-19-49(47)51)59-35-31-55(69-59)62(40-23-27-42(28-24-40)66(72)74-4-2)56-32-36-60(70-56)64(58-34-30-54(61)68-58)52-38-44-14-6-8-16-46(44)48-18-10-12-20-50(48)52/h5-38,67,70H,3-4H2,1-2H3. The molecule has 8 bridgehead atoms. The van der Waals surface area contributed by atoms with Crippen LogP contribution in [0.4, 0.5) is 0 Å².